The SMILES string of the molecule is COc1ccc(-n2nc([N+](=O)[O-])c(=NCCCO)n2O)cc1. The highest BCUT2D eigenvalue weighted by Gasteiger charge is 2.23. The molecule has 0 unspecified atom stereocenters. The van der Waals surface area contributed by atoms with Crippen molar-refractivity contribution >= 4 is 5.82 Å². The molecule has 0 fully saturated rings. The van der Waals surface area contributed by atoms with Gasteiger partial charge in [0.2, 0.25) is 0 Å². The Balaban J connectivity index is 2.50. The van der Waals surface area contributed by atoms with Gasteiger partial charge in [0, 0.05) is 13.2 Å². The number of benzene rings is 1. The van der Waals surface area contributed by atoms with Crippen LogP contribution in [0.1, 0.15) is 6.42 Å². The lowest BCUT2D eigenvalue weighted by Crippen LogP contribution is -2.22. The minimum absolute atomic E-state index is 0.102. The van der Waals surface area contributed by atoms with Gasteiger partial charge in [-0.05, 0) is 40.4 Å². The number of hydrogen-bond donors (Lipinski definition) is 2. The van der Waals surface area contributed by atoms with Crippen molar-refractivity contribution in [1.29, 1.82) is 0 Å². The number of nitro groups is 1. The van der Waals surface area contributed by atoms with Crippen LogP contribution in [0.2, 0.25) is 0 Å². The third kappa shape index (κ3) is 3.06. The molecule has 0 amide bonds. The molecule has 0 aliphatic carbocycles. The van der Waals surface area contributed by atoms with E-state index in [2.05, 4.69) is 10.1 Å². The van der Waals surface area contributed by atoms with Crippen LogP contribution in [0, 0.1) is 10.1 Å². The number of aliphatic hydroxyl groups excluding tert-OH is 1. The van der Waals surface area contributed by atoms with Gasteiger partial charge in [0.25, 0.3) is 5.49 Å². The maximum absolute atomic E-state index is 11.0. The summed E-state index contributed by atoms with van der Waals surface area (Å²) < 4.78 is 5.02. The van der Waals surface area contributed by atoms with Gasteiger partial charge in [0.15, 0.2) is 0 Å². The van der Waals surface area contributed by atoms with Crippen LogP contribution in [0.4, 0.5) is 5.82 Å². The number of methoxy groups -OCH3 is 1. The second kappa shape index (κ2) is 6.72. The van der Waals surface area contributed by atoms with Crippen molar-refractivity contribution in [3.63, 3.8) is 0 Å². The van der Waals surface area contributed by atoms with Gasteiger partial charge >= 0.3 is 5.82 Å². The fourth-order valence-corrected chi connectivity index (χ4v) is 1.75. The third-order valence-electron chi connectivity index (χ3n) is 2.81. The molecular formula is C12H15N5O5. The zero-order valence-corrected chi connectivity index (χ0v) is 11.8. The van der Waals surface area contributed by atoms with E-state index in [1.54, 1.807) is 24.3 Å². The molecule has 2 rings (SSSR count). The van der Waals surface area contributed by atoms with E-state index in [4.69, 9.17) is 9.84 Å². The monoisotopic (exact) mass is 309 g/mol. The summed E-state index contributed by atoms with van der Waals surface area (Å²) in [5.74, 6) is 0.0269. The molecule has 1 aromatic heterocycles. The van der Waals surface area contributed by atoms with Gasteiger partial charge in [-0.15, -0.1) is 0 Å². The summed E-state index contributed by atoms with van der Waals surface area (Å²) in [6.45, 7) is 0.0293. The third-order valence-corrected chi connectivity index (χ3v) is 2.81. The van der Waals surface area contributed by atoms with Crippen LogP contribution in [0.15, 0.2) is 29.3 Å². The molecule has 1 aromatic carbocycles. The summed E-state index contributed by atoms with van der Waals surface area (Å²) in [6.07, 6.45) is 0.324. The molecular weight excluding hydrogens is 294 g/mol. The zero-order valence-electron chi connectivity index (χ0n) is 11.8. The maximum Gasteiger partial charge on any atom is 0.438 e. The fourth-order valence-electron chi connectivity index (χ4n) is 1.75. The summed E-state index contributed by atoms with van der Waals surface area (Å²) in [5.41, 5.74) is 0.115. The molecule has 22 heavy (non-hydrogen) atoms. The molecule has 0 saturated heterocycles. The normalized spacial score (nSPS) is 11.6. The molecule has 10 nitrogen and oxygen atoms in total. The van der Waals surface area contributed by atoms with Crippen LogP contribution in [0.3, 0.4) is 0 Å². The van der Waals surface area contributed by atoms with E-state index >= 15 is 0 Å². The van der Waals surface area contributed by atoms with Gasteiger partial charge in [-0.1, -0.05) is 4.85 Å². The van der Waals surface area contributed by atoms with Gasteiger partial charge in [0.05, 0.1) is 12.2 Å². The first-order chi connectivity index (χ1) is 10.6. The number of hydrogen-bond acceptors (Lipinski definition) is 7. The standard InChI is InChI=1S/C12H15N5O5/c1-22-10-5-3-9(4-6-10)15-14-12(17(20)21)11(16(15)19)13-7-2-8-18/h3-6,18-19H,2,7-8H2,1H3. The molecule has 0 spiro atoms. The number of rotatable bonds is 6. The Morgan fingerprint density at radius 3 is 2.64 bits per heavy atom. The van der Waals surface area contributed by atoms with E-state index in [0.717, 1.165) is 4.80 Å². The van der Waals surface area contributed by atoms with Gasteiger partial charge in [-0.2, -0.15) is 0 Å². The van der Waals surface area contributed by atoms with Crippen LogP contribution >= 0.6 is 0 Å². The lowest BCUT2D eigenvalue weighted by Gasteiger charge is -2.02. The van der Waals surface area contributed by atoms with Crippen LogP contribution in [0.25, 0.3) is 5.69 Å². The minimum Gasteiger partial charge on any atom is -0.497 e. The smallest absolute Gasteiger partial charge is 0.438 e. The molecule has 0 saturated carbocycles. The van der Waals surface area contributed by atoms with Crippen molar-refractivity contribution in [2.45, 2.75) is 6.42 Å². The largest absolute Gasteiger partial charge is 0.497 e. The Morgan fingerprint density at radius 1 is 1.41 bits per heavy atom. The van der Waals surface area contributed by atoms with Crippen LogP contribution in [0.5, 0.6) is 5.75 Å². The lowest BCUT2D eigenvalue weighted by atomic mass is 10.3. The van der Waals surface area contributed by atoms with Crippen molar-refractivity contribution in [1.82, 2.24) is 14.7 Å². The average molecular weight is 309 g/mol. The molecule has 0 aliphatic rings. The summed E-state index contributed by atoms with van der Waals surface area (Å²) >= 11 is 0. The highest BCUT2D eigenvalue weighted by molar-refractivity contribution is 5.36. The van der Waals surface area contributed by atoms with E-state index in [0.29, 0.717) is 22.7 Å². The minimum atomic E-state index is -0.732. The lowest BCUT2D eigenvalue weighted by molar-refractivity contribution is -0.391. The predicted molar refractivity (Wildman–Crippen MR) is 74.1 cm³/mol. The Hall–Kier alpha value is -2.88. The highest BCUT2D eigenvalue weighted by atomic mass is 16.6. The summed E-state index contributed by atoms with van der Waals surface area (Å²) in [4.78, 5) is 15.6. The van der Waals surface area contributed by atoms with E-state index in [9.17, 15) is 15.3 Å². The highest BCUT2D eigenvalue weighted by Crippen LogP contribution is 2.14. The Labute approximate surface area is 124 Å². The maximum atomic E-state index is 11.0. The topological polar surface area (TPSA) is 128 Å². The second-order valence-electron chi connectivity index (χ2n) is 4.24. The number of nitrogens with zero attached hydrogens (tertiary/aromatic N) is 5. The number of ether oxygens (including phenoxy) is 1. The van der Waals surface area contributed by atoms with Gasteiger partial charge < -0.3 is 25.2 Å². The molecule has 0 atom stereocenters. The van der Waals surface area contributed by atoms with Crippen LogP contribution in [-0.4, -0.2) is 50.2 Å². The molecule has 2 aromatic rings. The van der Waals surface area contributed by atoms with Gasteiger partial charge in [0.1, 0.15) is 11.4 Å². The average Bonchev–Trinajstić information content (AvgIpc) is 2.85. The van der Waals surface area contributed by atoms with Gasteiger partial charge in [-0.25, -0.2) is 0 Å². The van der Waals surface area contributed by atoms with Crippen LogP contribution < -0.4 is 10.2 Å². The molecule has 2 N–H and O–H groups in total. The molecule has 0 aliphatic heterocycles. The van der Waals surface area contributed by atoms with E-state index < -0.39 is 10.7 Å². The van der Waals surface area contributed by atoms with Crippen LogP contribution in [-0.2, 0) is 0 Å². The molecule has 0 bridgehead atoms. The van der Waals surface area contributed by atoms with Crippen molar-refractivity contribution in [2.24, 2.45) is 4.99 Å². The summed E-state index contributed by atoms with van der Waals surface area (Å²) in [7, 11) is 1.51. The van der Waals surface area contributed by atoms with Crippen molar-refractivity contribution in [3.05, 3.63) is 39.9 Å². The van der Waals surface area contributed by atoms with Gasteiger partial charge in [-0.3, -0.25) is 4.99 Å². The molecule has 1 heterocycles. The first kappa shape index (κ1) is 15.5. The Kier molecular flexibility index (Phi) is 4.73. The molecule has 10 heteroatoms. The van der Waals surface area contributed by atoms with E-state index in [-0.39, 0.29) is 18.6 Å². The predicted octanol–water partition coefficient (Wildman–Crippen LogP) is 0.111. The van der Waals surface area contributed by atoms with Crippen molar-refractivity contribution in [3.8, 4) is 11.4 Å². The van der Waals surface area contributed by atoms with E-state index in [1.165, 1.54) is 7.11 Å². The second-order valence-corrected chi connectivity index (χ2v) is 4.24. The quantitative estimate of drug-likeness (QED) is 0.337. The molecule has 118 valence electrons. The Bertz CT molecular complexity index is 718. The first-order valence-corrected chi connectivity index (χ1v) is 6.40. The van der Waals surface area contributed by atoms with Crippen molar-refractivity contribution < 1.29 is 20.0 Å². The fraction of sp³-hybridized carbons (Fsp3) is 0.333. The summed E-state index contributed by atoms with van der Waals surface area (Å²) in [5, 5.41) is 33.6. The van der Waals surface area contributed by atoms with E-state index in [1.807, 2.05) is 0 Å². The molecule has 0 radical (unpaired) electrons. The number of aliphatic hydroxyl groups is 1. The number of aromatic nitrogens is 3. The zero-order chi connectivity index (χ0) is 16.1. The first-order valence-electron chi connectivity index (χ1n) is 6.40. The summed E-state index contributed by atoms with van der Waals surface area (Å²) in [6, 6.07) is 6.43. The Morgan fingerprint density at radius 2 is 2.09 bits per heavy atom. The van der Waals surface area contributed by atoms with Crippen molar-refractivity contribution in [2.75, 3.05) is 20.3 Å².